The average molecular weight is 397 g/mol. The maximum absolute atomic E-state index is 12.3. The smallest absolute Gasteiger partial charge is 0.306 e. The number of hydrogen-bond acceptors (Lipinski definition) is 6. The van der Waals surface area contributed by atoms with E-state index in [0.29, 0.717) is 11.3 Å². The molecule has 0 heterocycles. The van der Waals surface area contributed by atoms with Gasteiger partial charge in [0.15, 0.2) is 12.4 Å². The zero-order chi connectivity index (χ0) is 21.4. The zero-order valence-electron chi connectivity index (χ0n) is 16.6. The summed E-state index contributed by atoms with van der Waals surface area (Å²) in [6, 6.07) is 12.0. The Kier molecular flexibility index (Phi) is 7.65. The maximum atomic E-state index is 12.3. The molecular formula is C22H23NO6. The molecule has 0 saturated heterocycles. The Hall–Kier alpha value is -3.48. The van der Waals surface area contributed by atoms with E-state index >= 15 is 0 Å². The second-order valence-corrected chi connectivity index (χ2v) is 6.48. The fourth-order valence-electron chi connectivity index (χ4n) is 2.67. The van der Waals surface area contributed by atoms with Gasteiger partial charge >= 0.3 is 5.97 Å². The fraction of sp³-hybridized carbons (Fsp3) is 0.273. The molecule has 0 aromatic heterocycles. The van der Waals surface area contributed by atoms with Crippen LogP contribution in [0.15, 0.2) is 42.5 Å². The number of ketones is 1. The molecule has 2 rings (SSSR count). The normalized spacial score (nSPS) is 10.2. The molecule has 7 heteroatoms. The molecule has 0 aliphatic carbocycles. The van der Waals surface area contributed by atoms with Crippen LogP contribution in [0.1, 0.15) is 44.7 Å². The van der Waals surface area contributed by atoms with Crippen LogP contribution in [0, 0.1) is 13.8 Å². The second kappa shape index (κ2) is 10.2. The van der Waals surface area contributed by atoms with Gasteiger partial charge in [0, 0.05) is 12.0 Å². The number of ether oxygens (including phenoxy) is 2. The van der Waals surface area contributed by atoms with E-state index in [1.165, 1.54) is 13.2 Å². The second-order valence-electron chi connectivity index (χ2n) is 6.48. The molecule has 2 aromatic carbocycles. The topological polar surface area (TPSA) is 98.8 Å². The maximum Gasteiger partial charge on any atom is 0.306 e. The highest BCUT2D eigenvalue weighted by molar-refractivity contribution is 6.06. The molecular weight excluding hydrogens is 374 g/mol. The van der Waals surface area contributed by atoms with Crippen molar-refractivity contribution in [1.29, 1.82) is 0 Å². The van der Waals surface area contributed by atoms with Gasteiger partial charge in [-0.15, -0.1) is 0 Å². The minimum absolute atomic E-state index is 0.0229. The molecule has 0 atom stereocenters. The number of Topliss-reactive ketones (excluding diaryl/α,β-unsaturated/α-hetero) is 1. The van der Waals surface area contributed by atoms with Gasteiger partial charge < -0.3 is 9.47 Å². The number of carbonyl (C=O) groups excluding carboxylic acids is 4. The Morgan fingerprint density at radius 1 is 0.931 bits per heavy atom. The van der Waals surface area contributed by atoms with Gasteiger partial charge in [-0.25, -0.2) is 0 Å². The third kappa shape index (κ3) is 6.27. The van der Waals surface area contributed by atoms with Crippen molar-refractivity contribution in [3.05, 3.63) is 64.7 Å². The van der Waals surface area contributed by atoms with Crippen LogP contribution in [0.4, 0.5) is 0 Å². The first-order valence-corrected chi connectivity index (χ1v) is 9.05. The number of esters is 1. The summed E-state index contributed by atoms with van der Waals surface area (Å²) >= 11 is 0. The van der Waals surface area contributed by atoms with Crippen LogP contribution >= 0.6 is 0 Å². The standard InChI is InChI=1S/C22H23NO6/c1-14-8-9-15(2)17(12-14)18(24)10-11-21(26)29-13-20(25)23-22(27)16-6-4-5-7-19(16)28-3/h4-9,12H,10-11,13H2,1-3H3,(H,23,25,27). The first-order chi connectivity index (χ1) is 13.8. The van der Waals surface area contributed by atoms with Gasteiger partial charge in [0.05, 0.1) is 19.1 Å². The molecule has 29 heavy (non-hydrogen) atoms. The van der Waals surface area contributed by atoms with E-state index in [1.54, 1.807) is 24.3 Å². The summed E-state index contributed by atoms with van der Waals surface area (Å²) in [6.45, 7) is 3.10. The molecule has 7 nitrogen and oxygen atoms in total. The minimum atomic E-state index is -0.768. The molecule has 0 fully saturated rings. The van der Waals surface area contributed by atoms with Gasteiger partial charge in [-0.3, -0.25) is 24.5 Å². The number of nitrogens with one attached hydrogen (secondary N) is 1. The van der Waals surface area contributed by atoms with Crippen molar-refractivity contribution in [1.82, 2.24) is 5.32 Å². The third-order valence-electron chi connectivity index (χ3n) is 4.22. The monoisotopic (exact) mass is 397 g/mol. The van der Waals surface area contributed by atoms with Crippen molar-refractivity contribution in [2.24, 2.45) is 0 Å². The van der Waals surface area contributed by atoms with Crippen LogP contribution in [-0.2, 0) is 14.3 Å². The highest BCUT2D eigenvalue weighted by Gasteiger charge is 2.17. The number of methoxy groups -OCH3 is 1. The highest BCUT2D eigenvalue weighted by atomic mass is 16.5. The van der Waals surface area contributed by atoms with Crippen LogP contribution in [0.3, 0.4) is 0 Å². The Balaban J connectivity index is 1.80. The largest absolute Gasteiger partial charge is 0.496 e. The van der Waals surface area contributed by atoms with Crippen molar-refractivity contribution in [2.45, 2.75) is 26.7 Å². The van der Waals surface area contributed by atoms with Gasteiger partial charge in [0.2, 0.25) is 0 Å². The predicted octanol–water partition coefficient (Wildman–Crippen LogP) is 2.77. The summed E-state index contributed by atoms with van der Waals surface area (Å²) < 4.78 is 9.91. The van der Waals surface area contributed by atoms with E-state index in [2.05, 4.69) is 5.32 Å². The quantitative estimate of drug-likeness (QED) is 0.543. The summed E-state index contributed by atoms with van der Waals surface area (Å²) in [4.78, 5) is 48.1. The lowest BCUT2D eigenvalue weighted by molar-refractivity contribution is -0.148. The molecule has 152 valence electrons. The summed E-state index contributed by atoms with van der Waals surface area (Å²) in [5.74, 6) is -1.97. The number of hydrogen-bond donors (Lipinski definition) is 1. The first kappa shape index (κ1) is 21.8. The summed E-state index contributed by atoms with van der Waals surface area (Å²) in [6.07, 6.45) is -0.176. The first-order valence-electron chi connectivity index (χ1n) is 9.05. The molecule has 1 N–H and O–H groups in total. The molecule has 0 spiro atoms. The number of benzene rings is 2. The Bertz CT molecular complexity index is 935. The number of aryl methyl sites for hydroxylation is 2. The molecule has 0 bridgehead atoms. The molecule has 0 saturated carbocycles. The zero-order valence-corrected chi connectivity index (χ0v) is 16.6. The highest BCUT2D eigenvalue weighted by Crippen LogP contribution is 2.17. The Morgan fingerprint density at radius 2 is 1.66 bits per heavy atom. The van der Waals surface area contributed by atoms with Crippen molar-refractivity contribution in [3.63, 3.8) is 0 Å². The lowest BCUT2D eigenvalue weighted by atomic mass is 9.99. The average Bonchev–Trinajstić information content (AvgIpc) is 2.72. The van der Waals surface area contributed by atoms with Crippen molar-refractivity contribution >= 4 is 23.6 Å². The number of carbonyl (C=O) groups is 4. The SMILES string of the molecule is COc1ccccc1C(=O)NC(=O)COC(=O)CCC(=O)c1cc(C)ccc1C. The van der Waals surface area contributed by atoms with Gasteiger partial charge in [0.25, 0.3) is 11.8 Å². The van der Waals surface area contributed by atoms with Crippen LogP contribution in [-0.4, -0.2) is 37.3 Å². The molecule has 0 unspecified atom stereocenters. The van der Waals surface area contributed by atoms with Gasteiger partial charge in [0.1, 0.15) is 5.75 Å². The van der Waals surface area contributed by atoms with E-state index < -0.39 is 24.4 Å². The minimum Gasteiger partial charge on any atom is -0.496 e. The summed E-state index contributed by atoms with van der Waals surface area (Å²) in [7, 11) is 1.41. The van der Waals surface area contributed by atoms with Crippen molar-refractivity contribution < 1.29 is 28.7 Å². The van der Waals surface area contributed by atoms with Crippen LogP contribution < -0.4 is 10.1 Å². The van der Waals surface area contributed by atoms with E-state index in [-0.39, 0.29) is 24.2 Å². The number of para-hydroxylation sites is 1. The molecule has 2 amide bonds. The van der Waals surface area contributed by atoms with E-state index in [9.17, 15) is 19.2 Å². The van der Waals surface area contributed by atoms with Crippen molar-refractivity contribution in [3.8, 4) is 5.75 Å². The van der Waals surface area contributed by atoms with E-state index in [0.717, 1.165) is 11.1 Å². The lowest BCUT2D eigenvalue weighted by Gasteiger charge is -2.09. The summed E-state index contributed by atoms with van der Waals surface area (Å²) in [5.41, 5.74) is 2.55. The molecule has 0 aliphatic heterocycles. The van der Waals surface area contributed by atoms with Gasteiger partial charge in [-0.1, -0.05) is 29.8 Å². The van der Waals surface area contributed by atoms with E-state index in [4.69, 9.17) is 9.47 Å². The van der Waals surface area contributed by atoms with Gasteiger partial charge in [-0.05, 0) is 37.6 Å². The fourth-order valence-corrected chi connectivity index (χ4v) is 2.67. The number of amides is 2. The van der Waals surface area contributed by atoms with Crippen LogP contribution in [0.2, 0.25) is 0 Å². The molecule has 0 aliphatic rings. The van der Waals surface area contributed by atoms with Crippen LogP contribution in [0.5, 0.6) is 5.75 Å². The lowest BCUT2D eigenvalue weighted by Crippen LogP contribution is -2.34. The predicted molar refractivity (Wildman–Crippen MR) is 106 cm³/mol. The Morgan fingerprint density at radius 3 is 2.38 bits per heavy atom. The summed E-state index contributed by atoms with van der Waals surface area (Å²) in [5, 5.41) is 2.13. The van der Waals surface area contributed by atoms with Crippen LogP contribution in [0.25, 0.3) is 0 Å². The molecule has 0 radical (unpaired) electrons. The number of rotatable bonds is 8. The van der Waals surface area contributed by atoms with Gasteiger partial charge in [-0.2, -0.15) is 0 Å². The van der Waals surface area contributed by atoms with E-state index in [1.807, 2.05) is 26.0 Å². The molecule has 2 aromatic rings. The number of imide groups is 1. The third-order valence-corrected chi connectivity index (χ3v) is 4.22. The van der Waals surface area contributed by atoms with Crippen molar-refractivity contribution in [2.75, 3.05) is 13.7 Å². The Labute approximate surface area is 169 Å².